The highest BCUT2D eigenvalue weighted by Crippen LogP contribution is 2.33. The van der Waals surface area contributed by atoms with E-state index in [1.165, 1.54) is 32.1 Å². The standard InChI is InChI=1S/C22H32N2O4.C17H24N2O2.ClH/c1-5-6-7-11-14-18-19(17-12-9-8-10-13-17)28-24-20(18)26-16-15-23-21(25)27-22(2,3)4;1-2-3-4-8-11-15-16(14-9-6-5-7-10-14)21-19-17(15)20-13-12-18;/h8-10,12-13H,5-7,11,14-16H2,1-4H3,(H,23,25);5-7,9-10H,2-4,8,11-13,18H2,1H3;1H. The smallest absolute Gasteiger partial charge is 0.407 e. The highest BCUT2D eigenvalue weighted by molar-refractivity contribution is 5.85. The van der Waals surface area contributed by atoms with Crippen molar-refractivity contribution in [3.8, 4) is 34.4 Å². The van der Waals surface area contributed by atoms with Crippen LogP contribution < -0.4 is 20.5 Å². The minimum atomic E-state index is -0.521. The molecular formula is C39H57ClN4O6. The molecule has 2 heterocycles. The van der Waals surface area contributed by atoms with Crippen LogP contribution in [0, 0.1) is 0 Å². The summed E-state index contributed by atoms with van der Waals surface area (Å²) in [6.07, 6.45) is 10.8. The van der Waals surface area contributed by atoms with Crippen LogP contribution in [-0.2, 0) is 17.6 Å². The van der Waals surface area contributed by atoms with E-state index in [-0.39, 0.29) is 12.4 Å². The minimum Gasteiger partial charge on any atom is -0.474 e. The van der Waals surface area contributed by atoms with E-state index in [4.69, 9.17) is 29.0 Å². The largest absolute Gasteiger partial charge is 0.474 e. The summed E-state index contributed by atoms with van der Waals surface area (Å²) in [5.74, 6) is 2.67. The van der Waals surface area contributed by atoms with Crippen LogP contribution in [0.3, 0.4) is 0 Å². The van der Waals surface area contributed by atoms with E-state index in [0.29, 0.717) is 38.1 Å². The Kier molecular flexibility index (Phi) is 19.7. The second kappa shape index (κ2) is 23.4. The van der Waals surface area contributed by atoms with Crippen LogP contribution in [-0.4, -0.2) is 48.3 Å². The lowest BCUT2D eigenvalue weighted by atomic mass is 10.0. The van der Waals surface area contributed by atoms with Crippen LogP contribution in [0.15, 0.2) is 69.7 Å². The van der Waals surface area contributed by atoms with E-state index in [1.54, 1.807) is 0 Å². The SMILES string of the molecule is CCCCCCc1c(OCCN)noc1-c1ccccc1.CCCCCCc1c(OCCNC(=O)OC(C)(C)C)noc1-c1ccccc1.Cl. The summed E-state index contributed by atoms with van der Waals surface area (Å²) in [5.41, 5.74) is 9.05. The Morgan fingerprint density at radius 1 is 0.720 bits per heavy atom. The Bertz CT molecular complexity index is 1470. The van der Waals surface area contributed by atoms with Crippen LogP contribution in [0.5, 0.6) is 11.8 Å². The zero-order chi connectivity index (χ0) is 35.3. The van der Waals surface area contributed by atoms with Crippen LogP contribution >= 0.6 is 12.4 Å². The second-order valence-electron chi connectivity index (χ2n) is 12.9. The van der Waals surface area contributed by atoms with Gasteiger partial charge in [0.1, 0.15) is 18.8 Å². The quantitative estimate of drug-likeness (QED) is 0.0911. The summed E-state index contributed by atoms with van der Waals surface area (Å²) in [7, 11) is 0. The van der Waals surface area contributed by atoms with Gasteiger partial charge >= 0.3 is 6.09 Å². The van der Waals surface area contributed by atoms with Gasteiger partial charge in [0, 0.05) is 17.7 Å². The molecule has 0 aliphatic rings. The Morgan fingerprint density at radius 2 is 1.18 bits per heavy atom. The Balaban J connectivity index is 0.000000353. The molecule has 276 valence electrons. The van der Waals surface area contributed by atoms with Gasteiger partial charge in [-0.25, -0.2) is 4.79 Å². The van der Waals surface area contributed by atoms with Gasteiger partial charge in [-0.3, -0.25) is 0 Å². The fourth-order valence-electron chi connectivity index (χ4n) is 5.12. The molecule has 0 saturated carbocycles. The van der Waals surface area contributed by atoms with Crippen molar-refractivity contribution in [3.63, 3.8) is 0 Å². The molecule has 0 unspecified atom stereocenters. The molecule has 11 heteroatoms. The average Bonchev–Trinajstić information content (AvgIpc) is 3.70. The molecule has 0 spiro atoms. The molecule has 0 fully saturated rings. The third-order valence-electron chi connectivity index (χ3n) is 7.50. The third-order valence-corrected chi connectivity index (χ3v) is 7.50. The first-order valence-corrected chi connectivity index (χ1v) is 17.8. The number of unbranched alkanes of at least 4 members (excludes halogenated alkanes) is 6. The number of aromatic nitrogens is 2. The predicted molar refractivity (Wildman–Crippen MR) is 201 cm³/mol. The van der Waals surface area contributed by atoms with Gasteiger partial charge in [0.15, 0.2) is 11.5 Å². The van der Waals surface area contributed by atoms with Crippen LogP contribution in [0.4, 0.5) is 4.79 Å². The summed E-state index contributed by atoms with van der Waals surface area (Å²) < 4.78 is 27.7. The van der Waals surface area contributed by atoms with Crippen molar-refractivity contribution in [1.82, 2.24) is 15.6 Å². The zero-order valence-electron chi connectivity index (χ0n) is 30.5. The van der Waals surface area contributed by atoms with Gasteiger partial charge in [-0.15, -0.1) is 12.4 Å². The summed E-state index contributed by atoms with van der Waals surface area (Å²) in [6.45, 7) is 11.5. The number of carbonyl (C=O) groups excluding carboxylic acids is 1. The molecule has 0 bridgehead atoms. The highest BCUT2D eigenvalue weighted by Gasteiger charge is 2.20. The van der Waals surface area contributed by atoms with Crippen molar-refractivity contribution in [3.05, 3.63) is 71.8 Å². The van der Waals surface area contributed by atoms with E-state index < -0.39 is 11.7 Å². The van der Waals surface area contributed by atoms with Crippen molar-refractivity contribution in [2.75, 3.05) is 26.3 Å². The molecule has 2 aromatic heterocycles. The number of carbonyl (C=O) groups is 1. The van der Waals surface area contributed by atoms with Gasteiger partial charge < -0.3 is 34.3 Å². The van der Waals surface area contributed by atoms with Crippen LogP contribution in [0.1, 0.15) is 97.1 Å². The molecule has 4 aromatic rings. The number of amides is 1. The first-order valence-electron chi connectivity index (χ1n) is 17.8. The maximum atomic E-state index is 11.7. The monoisotopic (exact) mass is 712 g/mol. The predicted octanol–water partition coefficient (Wildman–Crippen LogP) is 9.59. The first kappa shape index (κ1) is 42.1. The normalized spacial score (nSPS) is 10.8. The van der Waals surface area contributed by atoms with Crippen molar-refractivity contribution in [2.45, 2.75) is 104 Å². The second-order valence-corrected chi connectivity index (χ2v) is 12.9. The molecule has 0 aliphatic heterocycles. The number of nitrogens with zero attached hydrogens (tertiary/aromatic N) is 2. The lowest BCUT2D eigenvalue weighted by molar-refractivity contribution is 0.0519. The lowest BCUT2D eigenvalue weighted by Gasteiger charge is -2.19. The van der Waals surface area contributed by atoms with Gasteiger partial charge in [0.05, 0.1) is 17.7 Å². The Morgan fingerprint density at radius 3 is 1.60 bits per heavy atom. The maximum Gasteiger partial charge on any atom is 0.407 e. The molecule has 4 rings (SSSR count). The average molecular weight is 713 g/mol. The number of halogens is 1. The molecule has 10 nitrogen and oxygen atoms in total. The van der Waals surface area contributed by atoms with Crippen molar-refractivity contribution < 1.29 is 28.1 Å². The number of nitrogens with one attached hydrogen (secondary N) is 1. The first-order chi connectivity index (χ1) is 23.8. The highest BCUT2D eigenvalue weighted by atomic mass is 35.5. The number of hydrogen-bond acceptors (Lipinski definition) is 9. The van der Waals surface area contributed by atoms with Gasteiger partial charge in [-0.1, -0.05) is 113 Å². The lowest BCUT2D eigenvalue weighted by Crippen LogP contribution is -2.34. The third kappa shape index (κ3) is 14.8. The number of hydrogen-bond donors (Lipinski definition) is 2. The van der Waals surface area contributed by atoms with Crippen molar-refractivity contribution in [2.24, 2.45) is 5.73 Å². The Labute approximate surface area is 304 Å². The van der Waals surface area contributed by atoms with Crippen LogP contribution in [0.25, 0.3) is 22.6 Å². The number of rotatable bonds is 19. The van der Waals surface area contributed by atoms with E-state index in [0.717, 1.165) is 65.9 Å². The van der Waals surface area contributed by atoms with Gasteiger partial charge in [0.2, 0.25) is 0 Å². The van der Waals surface area contributed by atoms with E-state index in [1.807, 2.05) is 81.4 Å². The Hall–Kier alpha value is -4.02. The number of benzene rings is 2. The fourth-order valence-corrected chi connectivity index (χ4v) is 5.12. The summed E-state index contributed by atoms with van der Waals surface area (Å²) in [4.78, 5) is 11.7. The van der Waals surface area contributed by atoms with E-state index >= 15 is 0 Å². The molecule has 0 saturated heterocycles. The molecular weight excluding hydrogens is 656 g/mol. The molecule has 0 atom stereocenters. The van der Waals surface area contributed by atoms with E-state index in [9.17, 15) is 4.79 Å². The topological polar surface area (TPSA) is 135 Å². The summed E-state index contributed by atoms with van der Waals surface area (Å²) in [5, 5.41) is 10.9. The molecule has 1 amide bonds. The maximum absolute atomic E-state index is 11.7. The molecule has 0 aliphatic carbocycles. The summed E-state index contributed by atoms with van der Waals surface area (Å²) >= 11 is 0. The number of alkyl carbamates (subject to hydrolysis) is 1. The minimum absolute atomic E-state index is 0. The molecule has 2 aromatic carbocycles. The van der Waals surface area contributed by atoms with Gasteiger partial charge in [-0.05, 0) is 56.8 Å². The molecule has 0 radical (unpaired) electrons. The van der Waals surface area contributed by atoms with Crippen molar-refractivity contribution >= 4 is 18.5 Å². The van der Waals surface area contributed by atoms with Crippen molar-refractivity contribution in [1.29, 1.82) is 0 Å². The molecule has 50 heavy (non-hydrogen) atoms. The fraction of sp³-hybridized carbons (Fsp3) is 0.513. The zero-order valence-corrected chi connectivity index (χ0v) is 31.3. The number of ether oxygens (including phenoxy) is 3. The summed E-state index contributed by atoms with van der Waals surface area (Å²) in [6, 6.07) is 20.0. The van der Waals surface area contributed by atoms with Crippen LogP contribution in [0.2, 0.25) is 0 Å². The number of nitrogens with two attached hydrogens (primary N) is 1. The van der Waals surface area contributed by atoms with Gasteiger partial charge in [0.25, 0.3) is 11.8 Å². The van der Waals surface area contributed by atoms with E-state index in [2.05, 4.69) is 29.5 Å². The molecule has 3 N–H and O–H groups in total. The van der Waals surface area contributed by atoms with Gasteiger partial charge in [-0.2, -0.15) is 0 Å².